The minimum absolute atomic E-state index is 0.542. The van der Waals surface area contributed by atoms with E-state index in [-0.39, 0.29) is 0 Å². The van der Waals surface area contributed by atoms with Gasteiger partial charge in [0.15, 0.2) is 0 Å². The Hall–Kier alpha value is -2.60. The third-order valence-electron chi connectivity index (χ3n) is 3.30. The highest BCUT2D eigenvalue weighted by atomic mass is 32.1. The molecule has 2 N–H and O–H groups in total. The number of H-pyrrole nitrogens is 1. The molecule has 0 radical (unpaired) electrons. The number of nitrogens with zero attached hydrogens (tertiary/aromatic N) is 2. The lowest BCUT2D eigenvalue weighted by Gasteiger charge is -2.09. The molecule has 0 aliphatic heterocycles. The molecule has 0 aliphatic rings. The number of hydrogen-bond donors (Lipinski definition) is 2. The molecule has 0 atom stereocenters. The highest BCUT2D eigenvalue weighted by Gasteiger charge is 2.08. The van der Waals surface area contributed by atoms with Gasteiger partial charge < -0.3 is 10.1 Å². The van der Waals surface area contributed by atoms with Crippen molar-refractivity contribution in [1.29, 1.82) is 0 Å². The zero-order valence-electron chi connectivity index (χ0n) is 12.1. The van der Waals surface area contributed by atoms with Crippen LogP contribution in [0.4, 0.5) is 5.95 Å². The number of rotatable bonds is 5. The molecule has 0 bridgehead atoms. The van der Waals surface area contributed by atoms with Crippen molar-refractivity contribution in [2.75, 3.05) is 12.4 Å². The summed E-state index contributed by atoms with van der Waals surface area (Å²) < 4.78 is 7.58. The summed E-state index contributed by atoms with van der Waals surface area (Å²) in [6.45, 7) is 0.677. The number of anilines is 1. The Morgan fingerprint density at radius 1 is 1.14 bits per heavy atom. The molecule has 0 saturated heterocycles. The molecular formula is C16H16N4OS. The number of nitrogens with one attached hydrogen (secondary N) is 2. The van der Waals surface area contributed by atoms with Crippen LogP contribution in [0.5, 0.6) is 5.75 Å². The first-order valence-corrected chi connectivity index (χ1v) is 7.28. The topological polar surface area (TPSA) is 54.9 Å². The van der Waals surface area contributed by atoms with Crippen molar-refractivity contribution >= 4 is 18.2 Å². The molecular weight excluding hydrogens is 296 g/mol. The Labute approximate surface area is 133 Å². The van der Waals surface area contributed by atoms with Crippen LogP contribution in [0.3, 0.4) is 0 Å². The average molecular weight is 312 g/mol. The van der Waals surface area contributed by atoms with Crippen molar-refractivity contribution in [2.24, 2.45) is 0 Å². The van der Waals surface area contributed by atoms with Crippen LogP contribution < -0.4 is 10.1 Å². The number of aromatic nitrogens is 3. The molecule has 0 saturated carbocycles. The van der Waals surface area contributed by atoms with Crippen LogP contribution in [0, 0.1) is 4.77 Å². The van der Waals surface area contributed by atoms with Crippen LogP contribution >= 0.6 is 12.2 Å². The van der Waals surface area contributed by atoms with Crippen LogP contribution in [-0.2, 0) is 6.54 Å². The van der Waals surface area contributed by atoms with Gasteiger partial charge in [-0.1, -0.05) is 30.3 Å². The van der Waals surface area contributed by atoms with Gasteiger partial charge >= 0.3 is 0 Å². The first kappa shape index (κ1) is 14.3. The number of aromatic amines is 1. The highest BCUT2D eigenvalue weighted by molar-refractivity contribution is 7.71. The average Bonchev–Trinajstić information content (AvgIpc) is 2.95. The third-order valence-corrected chi connectivity index (χ3v) is 3.57. The molecule has 6 heteroatoms. The van der Waals surface area contributed by atoms with E-state index in [0.717, 1.165) is 11.4 Å². The first-order chi connectivity index (χ1) is 10.8. The molecule has 3 aromatic rings. The fourth-order valence-corrected chi connectivity index (χ4v) is 2.40. The molecule has 0 unspecified atom stereocenters. The lowest BCUT2D eigenvalue weighted by molar-refractivity contribution is 0.414. The van der Waals surface area contributed by atoms with E-state index < -0.39 is 0 Å². The molecule has 2 aromatic carbocycles. The minimum atomic E-state index is 0.542. The second kappa shape index (κ2) is 6.44. The van der Waals surface area contributed by atoms with Crippen molar-refractivity contribution in [1.82, 2.24) is 14.8 Å². The van der Waals surface area contributed by atoms with Crippen LogP contribution in [0.15, 0.2) is 54.6 Å². The smallest absolute Gasteiger partial charge is 0.228 e. The second-order valence-electron chi connectivity index (χ2n) is 4.72. The maximum atomic E-state index is 5.32. The summed E-state index contributed by atoms with van der Waals surface area (Å²) in [5.74, 6) is 1.48. The third kappa shape index (κ3) is 3.01. The minimum Gasteiger partial charge on any atom is -0.497 e. The molecule has 3 rings (SSSR count). The van der Waals surface area contributed by atoms with Gasteiger partial charge in [-0.15, -0.1) is 5.10 Å². The van der Waals surface area contributed by atoms with E-state index in [1.807, 2.05) is 47.0 Å². The van der Waals surface area contributed by atoms with Crippen LogP contribution in [0.1, 0.15) is 5.56 Å². The number of ether oxygens (including phenoxy) is 1. The Kier molecular flexibility index (Phi) is 4.20. The lowest BCUT2D eigenvalue weighted by atomic mass is 10.2. The van der Waals surface area contributed by atoms with Gasteiger partial charge in [-0.25, -0.2) is 5.10 Å². The van der Waals surface area contributed by atoms with Gasteiger partial charge in [-0.2, -0.15) is 0 Å². The molecule has 112 valence electrons. The Morgan fingerprint density at radius 2 is 1.86 bits per heavy atom. The van der Waals surface area contributed by atoms with E-state index in [1.54, 1.807) is 7.11 Å². The second-order valence-corrected chi connectivity index (χ2v) is 5.11. The Balaban J connectivity index is 1.85. The van der Waals surface area contributed by atoms with E-state index in [2.05, 4.69) is 27.6 Å². The Morgan fingerprint density at radius 3 is 2.55 bits per heavy atom. The first-order valence-electron chi connectivity index (χ1n) is 6.87. The van der Waals surface area contributed by atoms with Crippen LogP contribution in [-0.4, -0.2) is 21.9 Å². The Bertz CT molecular complexity index is 793. The van der Waals surface area contributed by atoms with Gasteiger partial charge in [0.1, 0.15) is 5.75 Å². The van der Waals surface area contributed by atoms with Gasteiger partial charge in [-0.3, -0.25) is 4.57 Å². The molecule has 1 heterocycles. The monoisotopic (exact) mass is 312 g/mol. The predicted octanol–water partition coefficient (Wildman–Crippen LogP) is 3.55. The fourth-order valence-electron chi connectivity index (χ4n) is 2.16. The zero-order chi connectivity index (χ0) is 15.4. The van der Waals surface area contributed by atoms with Crippen molar-refractivity contribution in [3.63, 3.8) is 0 Å². The van der Waals surface area contributed by atoms with Gasteiger partial charge in [0.2, 0.25) is 10.7 Å². The summed E-state index contributed by atoms with van der Waals surface area (Å²) in [6.07, 6.45) is 0. The van der Waals surface area contributed by atoms with Gasteiger partial charge in [0.05, 0.1) is 12.8 Å². The largest absolute Gasteiger partial charge is 0.497 e. The summed E-state index contributed by atoms with van der Waals surface area (Å²) in [5.41, 5.74) is 2.10. The lowest BCUT2D eigenvalue weighted by Crippen LogP contribution is -2.06. The number of methoxy groups -OCH3 is 1. The van der Waals surface area contributed by atoms with E-state index in [1.165, 1.54) is 5.56 Å². The number of benzene rings is 2. The summed E-state index contributed by atoms with van der Waals surface area (Å²) in [7, 11) is 1.64. The summed E-state index contributed by atoms with van der Waals surface area (Å²) >= 11 is 5.32. The molecule has 0 spiro atoms. The van der Waals surface area contributed by atoms with Crippen LogP contribution in [0.25, 0.3) is 5.69 Å². The number of hydrogen-bond acceptors (Lipinski definition) is 4. The van der Waals surface area contributed by atoms with E-state index in [0.29, 0.717) is 17.3 Å². The van der Waals surface area contributed by atoms with Crippen molar-refractivity contribution < 1.29 is 4.74 Å². The molecule has 0 amide bonds. The normalized spacial score (nSPS) is 10.4. The quantitative estimate of drug-likeness (QED) is 0.707. The van der Waals surface area contributed by atoms with E-state index >= 15 is 0 Å². The molecule has 1 aromatic heterocycles. The van der Waals surface area contributed by atoms with Crippen molar-refractivity contribution in [3.05, 3.63) is 64.9 Å². The summed E-state index contributed by atoms with van der Waals surface area (Å²) in [6, 6.07) is 17.8. The summed E-state index contributed by atoms with van der Waals surface area (Å²) in [5, 5.41) is 10.4. The standard InChI is InChI=1S/C16H16N4OS/c1-21-14-9-7-13(8-10-14)20-15(18-19-16(20)22)17-11-12-5-3-2-4-6-12/h2-10H,11H2,1H3,(H,17,18)(H,19,22). The van der Waals surface area contributed by atoms with Gasteiger partial charge in [0.25, 0.3) is 0 Å². The molecule has 22 heavy (non-hydrogen) atoms. The molecule has 0 aliphatic carbocycles. The highest BCUT2D eigenvalue weighted by Crippen LogP contribution is 2.19. The van der Waals surface area contributed by atoms with Gasteiger partial charge in [-0.05, 0) is 42.0 Å². The summed E-state index contributed by atoms with van der Waals surface area (Å²) in [4.78, 5) is 0. The predicted molar refractivity (Wildman–Crippen MR) is 89.1 cm³/mol. The SMILES string of the molecule is COc1ccc(-n2c(NCc3ccccc3)n[nH]c2=S)cc1. The maximum absolute atomic E-state index is 5.32. The van der Waals surface area contributed by atoms with E-state index in [9.17, 15) is 0 Å². The van der Waals surface area contributed by atoms with Crippen LogP contribution in [0.2, 0.25) is 0 Å². The molecule has 5 nitrogen and oxygen atoms in total. The molecule has 0 fully saturated rings. The maximum Gasteiger partial charge on any atom is 0.228 e. The zero-order valence-corrected chi connectivity index (χ0v) is 12.9. The van der Waals surface area contributed by atoms with Crippen molar-refractivity contribution in [3.8, 4) is 11.4 Å². The fraction of sp³-hybridized carbons (Fsp3) is 0.125. The van der Waals surface area contributed by atoms with Crippen molar-refractivity contribution in [2.45, 2.75) is 6.54 Å². The van der Waals surface area contributed by atoms with Gasteiger partial charge in [0, 0.05) is 6.54 Å². The van der Waals surface area contributed by atoms with E-state index in [4.69, 9.17) is 17.0 Å².